The van der Waals surface area contributed by atoms with Gasteiger partial charge in [-0.25, -0.2) is 9.97 Å². The number of para-hydroxylation sites is 1. The summed E-state index contributed by atoms with van der Waals surface area (Å²) in [6.07, 6.45) is 5.62. The maximum Gasteiger partial charge on any atom is 0.233 e. The molecule has 0 radical (unpaired) electrons. The Morgan fingerprint density at radius 2 is 1.96 bits per heavy atom. The van der Waals surface area contributed by atoms with Crippen molar-refractivity contribution >= 4 is 17.5 Å². The number of hydrogen-bond donors (Lipinski definition) is 0. The van der Waals surface area contributed by atoms with Gasteiger partial charge in [-0.05, 0) is 28.6 Å². The number of thioether (sulfide) groups is 1. The van der Waals surface area contributed by atoms with E-state index in [0.29, 0.717) is 11.5 Å². The summed E-state index contributed by atoms with van der Waals surface area (Å²) in [6, 6.07) is 11.7. The molecular weight excluding hydrogens is 334 g/mol. The highest BCUT2D eigenvalue weighted by atomic mass is 35.5. The summed E-state index contributed by atoms with van der Waals surface area (Å²) in [5, 5.41) is 12.6. The summed E-state index contributed by atoms with van der Waals surface area (Å²) in [5.41, 5.74) is 1.87. The number of imidazole rings is 1. The molecule has 4 aromatic rings. The smallest absolute Gasteiger partial charge is 0.233 e. The number of hydrogen-bond acceptors (Lipinski definition) is 6. The fourth-order valence-corrected chi connectivity index (χ4v) is 2.86. The van der Waals surface area contributed by atoms with Gasteiger partial charge in [-0.1, -0.05) is 30.0 Å². The molecule has 3 heterocycles. The van der Waals surface area contributed by atoms with E-state index in [1.165, 1.54) is 0 Å². The molecule has 0 spiro atoms. The molecule has 116 valence electrons. The van der Waals surface area contributed by atoms with Crippen LogP contribution in [0.25, 0.3) is 11.5 Å². The van der Waals surface area contributed by atoms with Crippen LogP contribution in [0, 0.1) is 0 Å². The second-order valence-electron chi connectivity index (χ2n) is 4.56. The van der Waals surface area contributed by atoms with Crippen molar-refractivity contribution in [2.45, 2.75) is 10.9 Å². The summed E-state index contributed by atoms with van der Waals surface area (Å²) < 4.78 is 3.62. The van der Waals surface area contributed by atoms with Gasteiger partial charge in [0.1, 0.15) is 0 Å². The normalized spacial score (nSPS) is 10.6. The lowest BCUT2D eigenvalue weighted by molar-refractivity contribution is -0.00000473. The first-order valence-corrected chi connectivity index (χ1v) is 7.64. The molecule has 0 saturated heterocycles. The van der Waals surface area contributed by atoms with Crippen LogP contribution in [0.4, 0.5) is 0 Å². The molecule has 23 heavy (non-hydrogen) atoms. The molecule has 0 atom stereocenters. The molecule has 4 rings (SSSR count). The largest absolute Gasteiger partial charge is 1.00 e. The second-order valence-corrected chi connectivity index (χ2v) is 5.50. The number of aromatic nitrogens is 7. The summed E-state index contributed by atoms with van der Waals surface area (Å²) in [6.45, 7) is 0. The number of benzene rings is 1. The van der Waals surface area contributed by atoms with Gasteiger partial charge in [-0.3, -0.25) is 4.40 Å². The summed E-state index contributed by atoms with van der Waals surface area (Å²) in [7, 11) is 0. The average molecular weight is 345 g/mol. The minimum atomic E-state index is 0. The standard InChI is InChI=1S/C14H11N7S.ClH/c1-2-5-12(6-3-1)21-14(17-18-19-21)22-10-11-9-20-8-4-7-15-13(20)16-11;/h1-9H,10H2;1H/p-1. The highest BCUT2D eigenvalue weighted by Gasteiger charge is 2.10. The molecule has 0 N–H and O–H groups in total. The quantitative estimate of drug-likeness (QED) is 0.442. The molecule has 1 aromatic carbocycles. The van der Waals surface area contributed by atoms with Crippen molar-refractivity contribution in [3.05, 3.63) is 60.7 Å². The number of nitrogens with zero attached hydrogens (tertiary/aromatic N) is 7. The Morgan fingerprint density at radius 1 is 1.09 bits per heavy atom. The van der Waals surface area contributed by atoms with Gasteiger partial charge in [-0.15, -0.1) is 5.10 Å². The van der Waals surface area contributed by atoms with E-state index in [1.807, 2.05) is 53.2 Å². The molecule has 0 saturated carbocycles. The Hall–Kier alpha value is -2.45. The molecule has 0 aliphatic carbocycles. The zero-order valence-corrected chi connectivity index (χ0v) is 13.4. The minimum absolute atomic E-state index is 0. The van der Waals surface area contributed by atoms with E-state index in [0.717, 1.165) is 16.5 Å². The molecular formula is C14H11ClN7S-. The third-order valence-electron chi connectivity index (χ3n) is 3.08. The first kappa shape index (κ1) is 15.4. The maximum absolute atomic E-state index is 4.47. The third-order valence-corrected chi connectivity index (χ3v) is 4.03. The third kappa shape index (κ3) is 3.17. The maximum atomic E-state index is 4.47. The molecule has 0 aliphatic heterocycles. The molecule has 3 aromatic heterocycles. The summed E-state index contributed by atoms with van der Waals surface area (Å²) >= 11 is 1.54. The Balaban J connectivity index is 0.00000156. The average Bonchev–Trinajstić information content (AvgIpc) is 3.20. The fraction of sp³-hybridized carbons (Fsp3) is 0.0714. The summed E-state index contributed by atoms with van der Waals surface area (Å²) in [5.74, 6) is 1.37. The Morgan fingerprint density at radius 3 is 2.78 bits per heavy atom. The predicted octanol–water partition coefficient (Wildman–Crippen LogP) is -0.999. The van der Waals surface area contributed by atoms with Gasteiger partial charge >= 0.3 is 0 Å². The Bertz CT molecular complexity index is 873. The van der Waals surface area contributed by atoms with E-state index >= 15 is 0 Å². The first-order valence-electron chi connectivity index (χ1n) is 6.65. The monoisotopic (exact) mass is 344 g/mol. The van der Waals surface area contributed by atoms with Crippen LogP contribution in [0.2, 0.25) is 0 Å². The van der Waals surface area contributed by atoms with Gasteiger partial charge in [0.2, 0.25) is 10.9 Å². The van der Waals surface area contributed by atoms with Crippen molar-refractivity contribution in [3.63, 3.8) is 0 Å². The molecule has 0 unspecified atom stereocenters. The van der Waals surface area contributed by atoms with Gasteiger partial charge in [-0.2, -0.15) is 4.68 Å². The minimum Gasteiger partial charge on any atom is -1.00 e. The first-order chi connectivity index (χ1) is 10.9. The number of tetrazole rings is 1. The lowest BCUT2D eigenvalue weighted by atomic mass is 10.3. The van der Waals surface area contributed by atoms with E-state index in [1.54, 1.807) is 22.6 Å². The second kappa shape index (κ2) is 6.76. The van der Waals surface area contributed by atoms with Crippen molar-refractivity contribution in [2.75, 3.05) is 0 Å². The van der Waals surface area contributed by atoms with E-state index < -0.39 is 0 Å². The van der Waals surface area contributed by atoms with Crippen LogP contribution in [0.15, 0.2) is 60.1 Å². The highest BCUT2D eigenvalue weighted by Crippen LogP contribution is 2.21. The van der Waals surface area contributed by atoms with Crippen LogP contribution in [0.5, 0.6) is 0 Å². The van der Waals surface area contributed by atoms with Gasteiger partial charge in [0.15, 0.2) is 0 Å². The molecule has 0 fully saturated rings. The van der Waals surface area contributed by atoms with Gasteiger partial charge in [0, 0.05) is 24.3 Å². The summed E-state index contributed by atoms with van der Waals surface area (Å²) in [4.78, 5) is 8.68. The van der Waals surface area contributed by atoms with Crippen molar-refractivity contribution in [1.82, 2.24) is 34.6 Å². The van der Waals surface area contributed by atoms with E-state index in [4.69, 9.17) is 0 Å². The zero-order chi connectivity index (χ0) is 14.8. The van der Waals surface area contributed by atoms with Crippen LogP contribution in [-0.4, -0.2) is 34.6 Å². The van der Waals surface area contributed by atoms with Crippen LogP contribution < -0.4 is 12.4 Å². The molecule has 0 amide bonds. The Kier molecular flexibility index (Phi) is 4.54. The van der Waals surface area contributed by atoms with E-state index in [2.05, 4.69) is 25.5 Å². The fourth-order valence-electron chi connectivity index (χ4n) is 2.09. The molecule has 0 bridgehead atoms. The predicted molar refractivity (Wildman–Crippen MR) is 81.7 cm³/mol. The number of fused-ring (bicyclic) bond motifs is 1. The molecule has 7 nitrogen and oxygen atoms in total. The van der Waals surface area contributed by atoms with Gasteiger partial charge < -0.3 is 12.4 Å². The van der Waals surface area contributed by atoms with Crippen LogP contribution >= 0.6 is 11.8 Å². The zero-order valence-electron chi connectivity index (χ0n) is 11.8. The highest BCUT2D eigenvalue weighted by molar-refractivity contribution is 7.98. The van der Waals surface area contributed by atoms with Crippen molar-refractivity contribution < 1.29 is 12.4 Å². The van der Waals surface area contributed by atoms with E-state index in [-0.39, 0.29) is 12.4 Å². The number of halogens is 1. The lowest BCUT2D eigenvalue weighted by Crippen LogP contribution is -3.00. The van der Waals surface area contributed by atoms with Crippen LogP contribution in [-0.2, 0) is 5.75 Å². The Labute approximate surface area is 142 Å². The van der Waals surface area contributed by atoms with Crippen molar-refractivity contribution in [1.29, 1.82) is 0 Å². The van der Waals surface area contributed by atoms with Crippen molar-refractivity contribution in [3.8, 4) is 5.69 Å². The van der Waals surface area contributed by atoms with Crippen molar-refractivity contribution in [2.24, 2.45) is 0 Å². The molecule has 9 heteroatoms. The lowest BCUT2D eigenvalue weighted by Gasteiger charge is -2.02. The van der Waals surface area contributed by atoms with Gasteiger partial charge in [0.25, 0.3) is 0 Å². The SMILES string of the molecule is [Cl-].c1ccc(-n2nnnc2SCc2cn3cccnc3n2)cc1. The van der Waals surface area contributed by atoms with Crippen LogP contribution in [0.1, 0.15) is 5.69 Å². The van der Waals surface area contributed by atoms with Crippen LogP contribution in [0.3, 0.4) is 0 Å². The van der Waals surface area contributed by atoms with Gasteiger partial charge in [0.05, 0.1) is 11.4 Å². The number of rotatable bonds is 4. The molecule has 0 aliphatic rings. The van der Waals surface area contributed by atoms with E-state index in [9.17, 15) is 0 Å². The topological polar surface area (TPSA) is 73.8 Å².